The maximum absolute atomic E-state index is 11.7. The molecule has 0 unspecified atom stereocenters. The molecule has 0 fully saturated rings. The van der Waals surface area contributed by atoms with E-state index in [0.29, 0.717) is 18.2 Å². The molecule has 0 aliphatic carbocycles. The van der Waals surface area contributed by atoms with E-state index in [0.717, 1.165) is 38.6 Å². The van der Waals surface area contributed by atoms with E-state index in [4.69, 9.17) is 15.2 Å². The van der Waals surface area contributed by atoms with E-state index >= 15 is 0 Å². The molecule has 164 valence electrons. The van der Waals surface area contributed by atoms with Gasteiger partial charge < -0.3 is 15.2 Å². The van der Waals surface area contributed by atoms with Crippen molar-refractivity contribution in [3.63, 3.8) is 0 Å². The molecule has 2 heterocycles. The Hall–Kier alpha value is -2.85. The number of carbonyl (C=O) groups is 2. The Bertz CT molecular complexity index is 1010. The molecular weight excluding hydrogens is 436 g/mol. The van der Waals surface area contributed by atoms with Gasteiger partial charge in [-0.25, -0.2) is 4.98 Å². The normalized spacial score (nSPS) is 11.3. The largest absolute Gasteiger partial charge is 0.466 e. The Morgan fingerprint density at radius 1 is 1.03 bits per heavy atom. The minimum Gasteiger partial charge on any atom is -0.466 e. The number of carbonyl (C=O) groups excluding carboxylic acids is 2. The fraction of sp³-hybridized carbons (Fsp3) is 0.381. The first-order chi connectivity index (χ1) is 15.0. The van der Waals surface area contributed by atoms with Crippen LogP contribution in [0.15, 0.2) is 40.6 Å². The second kappa shape index (κ2) is 11.5. The van der Waals surface area contributed by atoms with Crippen LogP contribution in [-0.4, -0.2) is 30.1 Å². The number of rotatable bonds is 11. The van der Waals surface area contributed by atoms with Crippen molar-refractivity contribution in [1.82, 2.24) is 4.98 Å². The van der Waals surface area contributed by atoms with Crippen LogP contribution < -0.4 is 5.73 Å². The summed E-state index contributed by atoms with van der Waals surface area (Å²) in [6.07, 6.45) is 2.45. The number of hydrogen-bond acceptors (Lipinski definition) is 10. The SMILES string of the molecule is CCCCOC(=O)CCC(=O)OCCc1ccc(N=Nc2cc3sc(N)nc3s2)cc1. The molecule has 0 radical (unpaired) electrons. The van der Waals surface area contributed by atoms with Crippen LogP contribution in [0.5, 0.6) is 0 Å². The van der Waals surface area contributed by atoms with Gasteiger partial charge in [0.2, 0.25) is 0 Å². The van der Waals surface area contributed by atoms with Crippen LogP contribution in [0.2, 0.25) is 0 Å². The van der Waals surface area contributed by atoms with Crippen LogP contribution in [-0.2, 0) is 25.5 Å². The molecule has 0 saturated carbocycles. The fourth-order valence-corrected chi connectivity index (χ4v) is 4.39. The van der Waals surface area contributed by atoms with Crippen molar-refractivity contribution in [1.29, 1.82) is 0 Å². The van der Waals surface area contributed by atoms with Crippen molar-refractivity contribution in [2.24, 2.45) is 10.2 Å². The average Bonchev–Trinajstić information content (AvgIpc) is 3.29. The molecule has 0 saturated heterocycles. The number of thiophene rings is 1. The number of azo groups is 1. The molecule has 2 N–H and O–H groups in total. The third-order valence-corrected chi connectivity index (χ3v) is 6.12. The molecule has 2 aromatic heterocycles. The minimum atomic E-state index is -0.398. The number of anilines is 1. The third-order valence-electron chi connectivity index (χ3n) is 4.24. The summed E-state index contributed by atoms with van der Waals surface area (Å²) in [6.45, 7) is 2.68. The minimum absolute atomic E-state index is 0.0346. The molecule has 0 atom stereocenters. The van der Waals surface area contributed by atoms with E-state index in [2.05, 4.69) is 15.2 Å². The molecule has 3 rings (SSSR count). The third kappa shape index (κ3) is 7.41. The van der Waals surface area contributed by atoms with Crippen LogP contribution in [0.25, 0.3) is 9.53 Å². The van der Waals surface area contributed by atoms with Crippen molar-refractivity contribution in [3.8, 4) is 0 Å². The number of aromatic nitrogens is 1. The van der Waals surface area contributed by atoms with Gasteiger partial charge in [0.15, 0.2) is 5.13 Å². The highest BCUT2D eigenvalue weighted by Crippen LogP contribution is 2.36. The number of hydrogen-bond donors (Lipinski definition) is 1. The number of esters is 2. The summed E-state index contributed by atoms with van der Waals surface area (Å²) in [6, 6.07) is 9.48. The van der Waals surface area contributed by atoms with Gasteiger partial charge in [0.25, 0.3) is 0 Å². The fourth-order valence-electron chi connectivity index (χ4n) is 2.59. The zero-order chi connectivity index (χ0) is 22.1. The molecule has 31 heavy (non-hydrogen) atoms. The molecule has 8 nitrogen and oxygen atoms in total. The molecule has 3 aromatic rings. The lowest BCUT2D eigenvalue weighted by Gasteiger charge is -2.06. The standard InChI is InChI=1S/C21H24N4O4S2/c1-2-3-11-28-18(26)8-9-19(27)29-12-10-14-4-6-15(7-5-14)24-25-17-13-16-20(31-17)23-21(22)30-16/h4-7,13H,2-3,8-12H2,1H3,(H2,22,23). The van der Waals surface area contributed by atoms with E-state index in [1.54, 1.807) is 0 Å². The maximum Gasteiger partial charge on any atom is 0.306 e. The van der Waals surface area contributed by atoms with E-state index in [1.165, 1.54) is 22.7 Å². The van der Waals surface area contributed by atoms with Crippen molar-refractivity contribution < 1.29 is 19.1 Å². The number of nitrogens with two attached hydrogens (primary N) is 1. The monoisotopic (exact) mass is 460 g/mol. The van der Waals surface area contributed by atoms with E-state index in [9.17, 15) is 9.59 Å². The van der Waals surface area contributed by atoms with Gasteiger partial charge in [-0.15, -0.1) is 10.2 Å². The number of fused-ring (bicyclic) bond motifs is 1. The number of ether oxygens (including phenoxy) is 2. The topological polar surface area (TPSA) is 116 Å². The quantitative estimate of drug-likeness (QED) is 0.227. The van der Waals surface area contributed by atoms with Crippen molar-refractivity contribution in [3.05, 3.63) is 35.9 Å². The summed E-state index contributed by atoms with van der Waals surface area (Å²) >= 11 is 2.88. The summed E-state index contributed by atoms with van der Waals surface area (Å²) in [5.74, 6) is -0.761. The summed E-state index contributed by atoms with van der Waals surface area (Å²) in [7, 11) is 0. The van der Waals surface area contributed by atoms with Gasteiger partial charge in [-0.1, -0.05) is 48.2 Å². The summed E-state index contributed by atoms with van der Waals surface area (Å²) < 4.78 is 11.2. The van der Waals surface area contributed by atoms with Gasteiger partial charge >= 0.3 is 11.9 Å². The first-order valence-electron chi connectivity index (χ1n) is 10.0. The highest BCUT2D eigenvalue weighted by molar-refractivity contribution is 7.30. The summed E-state index contributed by atoms with van der Waals surface area (Å²) in [4.78, 5) is 28.3. The van der Waals surface area contributed by atoms with Crippen LogP contribution in [0.3, 0.4) is 0 Å². The van der Waals surface area contributed by atoms with Crippen molar-refractivity contribution >= 4 is 60.0 Å². The van der Waals surface area contributed by atoms with Gasteiger partial charge in [0.1, 0.15) is 9.83 Å². The Balaban J connectivity index is 1.37. The number of thiazole rings is 1. The summed E-state index contributed by atoms with van der Waals surface area (Å²) in [5.41, 5.74) is 7.42. The van der Waals surface area contributed by atoms with Gasteiger partial charge in [-0.3, -0.25) is 9.59 Å². The second-order valence-corrected chi connectivity index (χ2v) is 8.79. The molecule has 1 aromatic carbocycles. The van der Waals surface area contributed by atoms with Gasteiger partial charge in [0.05, 0.1) is 36.4 Å². The number of nitrogens with zero attached hydrogens (tertiary/aromatic N) is 3. The van der Waals surface area contributed by atoms with Gasteiger partial charge in [-0.05, 0) is 30.2 Å². The predicted molar refractivity (Wildman–Crippen MR) is 122 cm³/mol. The van der Waals surface area contributed by atoms with Crippen LogP contribution in [0, 0.1) is 0 Å². The zero-order valence-electron chi connectivity index (χ0n) is 17.2. The zero-order valence-corrected chi connectivity index (χ0v) is 18.8. The summed E-state index contributed by atoms with van der Waals surface area (Å²) in [5, 5.41) is 9.82. The predicted octanol–water partition coefficient (Wildman–Crippen LogP) is 5.56. The maximum atomic E-state index is 11.7. The molecular formula is C21H24N4O4S2. The average molecular weight is 461 g/mol. The number of benzene rings is 1. The second-order valence-electron chi connectivity index (χ2n) is 6.72. The first kappa shape index (κ1) is 22.8. The Morgan fingerprint density at radius 3 is 2.42 bits per heavy atom. The van der Waals surface area contributed by atoms with Crippen LogP contribution in [0.1, 0.15) is 38.2 Å². The van der Waals surface area contributed by atoms with Crippen LogP contribution >= 0.6 is 22.7 Å². The molecule has 0 aliphatic heterocycles. The van der Waals surface area contributed by atoms with E-state index in [1.807, 2.05) is 37.3 Å². The lowest BCUT2D eigenvalue weighted by Crippen LogP contribution is -2.12. The van der Waals surface area contributed by atoms with Crippen molar-refractivity contribution in [2.75, 3.05) is 18.9 Å². The molecule has 0 spiro atoms. The highest BCUT2D eigenvalue weighted by atomic mass is 32.1. The Labute approximate surface area is 188 Å². The number of unbranched alkanes of at least 4 members (excludes halogenated alkanes) is 1. The smallest absolute Gasteiger partial charge is 0.306 e. The van der Waals surface area contributed by atoms with Gasteiger partial charge in [-0.2, -0.15) is 0 Å². The van der Waals surface area contributed by atoms with Crippen molar-refractivity contribution in [2.45, 2.75) is 39.0 Å². The number of nitrogen functional groups attached to an aromatic ring is 1. The molecule has 0 amide bonds. The van der Waals surface area contributed by atoms with Gasteiger partial charge in [0, 0.05) is 6.42 Å². The highest BCUT2D eigenvalue weighted by Gasteiger charge is 2.09. The molecule has 0 bridgehead atoms. The Kier molecular flexibility index (Phi) is 8.48. The van der Waals surface area contributed by atoms with E-state index in [-0.39, 0.29) is 25.4 Å². The Morgan fingerprint density at radius 2 is 1.74 bits per heavy atom. The molecule has 0 aliphatic rings. The first-order valence-corrected chi connectivity index (χ1v) is 11.6. The lowest BCUT2D eigenvalue weighted by molar-refractivity contribution is -0.150. The lowest BCUT2D eigenvalue weighted by atomic mass is 10.1. The van der Waals surface area contributed by atoms with E-state index < -0.39 is 5.97 Å². The molecule has 10 heteroatoms. The van der Waals surface area contributed by atoms with Crippen LogP contribution in [0.4, 0.5) is 15.8 Å².